The van der Waals surface area contributed by atoms with Crippen molar-refractivity contribution in [3.05, 3.63) is 53.7 Å². The molecule has 0 fully saturated rings. The molecular formula is C19H20N6O3S. The fourth-order valence-electron chi connectivity index (χ4n) is 2.52. The van der Waals surface area contributed by atoms with Crippen LogP contribution in [0.5, 0.6) is 0 Å². The van der Waals surface area contributed by atoms with Gasteiger partial charge in [-0.3, -0.25) is 15.1 Å². The summed E-state index contributed by atoms with van der Waals surface area (Å²) in [5.41, 5.74) is 1.39. The van der Waals surface area contributed by atoms with Gasteiger partial charge < -0.3 is 4.90 Å². The zero-order valence-electron chi connectivity index (χ0n) is 16.4. The molecule has 0 aliphatic carbocycles. The predicted octanol–water partition coefficient (Wildman–Crippen LogP) is 1.96. The molecule has 0 aliphatic rings. The molecule has 0 radical (unpaired) electrons. The standard InChI is InChI=1S/C19H20N6O3S/c1-12-11-13(29(4,27)28)8-9-14(12)17(26)23-18-21-16(15-7-5-6-10-20-15)22-19(24-18)25(2)3/h5-11H,1-4H3,(H,21,22,23,24,26). The van der Waals surface area contributed by atoms with Gasteiger partial charge in [0.1, 0.15) is 5.69 Å². The van der Waals surface area contributed by atoms with Crippen LogP contribution in [0.4, 0.5) is 11.9 Å². The van der Waals surface area contributed by atoms with E-state index in [0.717, 1.165) is 6.26 Å². The molecule has 0 aliphatic heterocycles. The van der Waals surface area contributed by atoms with Gasteiger partial charge in [-0.05, 0) is 42.8 Å². The molecule has 0 bridgehead atoms. The van der Waals surface area contributed by atoms with E-state index in [1.54, 1.807) is 44.2 Å². The Kier molecular flexibility index (Phi) is 5.55. The summed E-state index contributed by atoms with van der Waals surface area (Å²) < 4.78 is 23.4. The number of nitrogens with zero attached hydrogens (tertiary/aromatic N) is 5. The van der Waals surface area contributed by atoms with Crippen molar-refractivity contribution in [1.82, 2.24) is 19.9 Å². The summed E-state index contributed by atoms with van der Waals surface area (Å²) in [6.45, 7) is 1.67. The molecule has 3 aromatic rings. The van der Waals surface area contributed by atoms with Crippen LogP contribution in [-0.2, 0) is 9.84 Å². The Morgan fingerprint density at radius 1 is 1.07 bits per heavy atom. The van der Waals surface area contributed by atoms with E-state index in [0.29, 0.717) is 28.6 Å². The highest BCUT2D eigenvalue weighted by molar-refractivity contribution is 7.90. The van der Waals surface area contributed by atoms with E-state index in [4.69, 9.17) is 0 Å². The minimum atomic E-state index is -3.36. The maximum atomic E-state index is 12.7. The van der Waals surface area contributed by atoms with Gasteiger partial charge in [0.05, 0.1) is 4.90 Å². The highest BCUT2D eigenvalue weighted by Crippen LogP contribution is 2.19. The zero-order valence-corrected chi connectivity index (χ0v) is 17.2. The lowest BCUT2D eigenvalue weighted by Gasteiger charge is -2.13. The van der Waals surface area contributed by atoms with Crippen molar-refractivity contribution in [2.45, 2.75) is 11.8 Å². The summed E-state index contributed by atoms with van der Waals surface area (Å²) in [4.78, 5) is 31.7. The molecule has 150 valence electrons. The topological polar surface area (TPSA) is 118 Å². The average molecular weight is 412 g/mol. The second-order valence-corrected chi connectivity index (χ2v) is 8.61. The minimum Gasteiger partial charge on any atom is -0.347 e. The Hall–Kier alpha value is -3.40. The van der Waals surface area contributed by atoms with Gasteiger partial charge >= 0.3 is 0 Å². The second kappa shape index (κ2) is 7.92. The maximum Gasteiger partial charge on any atom is 0.258 e. The number of pyridine rings is 1. The van der Waals surface area contributed by atoms with E-state index in [1.165, 1.54) is 18.2 Å². The Bertz CT molecular complexity index is 1160. The minimum absolute atomic E-state index is 0.0703. The van der Waals surface area contributed by atoms with E-state index < -0.39 is 15.7 Å². The van der Waals surface area contributed by atoms with Gasteiger partial charge in [-0.15, -0.1) is 0 Å². The van der Waals surface area contributed by atoms with Gasteiger partial charge in [0.2, 0.25) is 11.9 Å². The van der Waals surface area contributed by atoms with Gasteiger partial charge in [-0.25, -0.2) is 8.42 Å². The van der Waals surface area contributed by atoms with Crippen LogP contribution in [0, 0.1) is 6.92 Å². The smallest absolute Gasteiger partial charge is 0.258 e. The van der Waals surface area contributed by atoms with Crippen LogP contribution in [0.3, 0.4) is 0 Å². The zero-order chi connectivity index (χ0) is 21.2. The molecule has 2 aromatic heterocycles. The molecule has 0 saturated carbocycles. The lowest BCUT2D eigenvalue weighted by Crippen LogP contribution is -2.19. The number of anilines is 2. The molecule has 9 nitrogen and oxygen atoms in total. The van der Waals surface area contributed by atoms with Crippen molar-refractivity contribution >= 4 is 27.6 Å². The van der Waals surface area contributed by atoms with Gasteiger partial charge in [0.25, 0.3) is 5.91 Å². The largest absolute Gasteiger partial charge is 0.347 e. The first-order chi connectivity index (χ1) is 13.6. The van der Waals surface area contributed by atoms with E-state index in [-0.39, 0.29) is 10.8 Å². The van der Waals surface area contributed by atoms with Crippen molar-refractivity contribution in [3.63, 3.8) is 0 Å². The molecule has 1 N–H and O–H groups in total. The highest BCUT2D eigenvalue weighted by atomic mass is 32.2. The first-order valence-electron chi connectivity index (χ1n) is 8.62. The summed E-state index contributed by atoms with van der Waals surface area (Å²) in [6.07, 6.45) is 2.74. The van der Waals surface area contributed by atoms with Gasteiger partial charge in [0.15, 0.2) is 15.7 Å². The second-order valence-electron chi connectivity index (χ2n) is 6.60. The lowest BCUT2D eigenvalue weighted by atomic mass is 10.1. The van der Waals surface area contributed by atoms with Crippen LogP contribution in [0.1, 0.15) is 15.9 Å². The number of aromatic nitrogens is 4. The van der Waals surface area contributed by atoms with Crippen molar-refractivity contribution in [3.8, 4) is 11.5 Å². The van der Waals surface area contributed by atoms with E-state index in [2.05, 4.69) is 25.3 Å². The molecule has 0 saturated heterocycles. The van der Waals surface area contributed by atoms with Crippen LogP contribution < -0.4 is 10.2 Å². The van der Waals surface area contributed by atoms with Crippen LogP contribution >= 0.6 is 0 Å². The number of aryl methyl sites for hydroxylation is 1. The molecule has 0 unspecified atom stereocenters. The summed E-state index contributed by atoms with van der Waals surface area (Å²) in [5.74, 6) is 0.301. The Balaban J connectivity index is 1.95. The molecule has 1 aromatic carbocycles. The SMILES string of the molecule is Cc1cc(S(C)(=O)=O)ccc1C(=O)Nc1nc(-c2ccccn2)nc(N(C)C)n1. The quantitative estimate of drug-likeness (QED) is 0.676. The maximum absolute atomic E-state index is 12.7. The average Bonchev–Trinajstić information content (AvgIpc) is 2.67. The fourth-order valence-corrected chi connectivity index (χ4v) is 3.23. The molecule has 3 rings (SSSR count). The number of benzene rings is 1. The lowest BCUT2D eigenvalue weighted by molar-refractivity contribution is 0.102. The fraction of sp³-hybridized carbons (Fsp3) is 0.211. The van der Waals surface area contributed by atoms with Crippen LogP contribution in [0.25, 0.3) is 11.5 Å². The molecule has 0 spiro atoms. The van der Waals surface area contributed by atoms with Gasteiger partial charge in [-0.2, -0.15) is 15.0 Å². The number of carbonyl (C=O) groups is 1. The Labute approximate surface area is 168 Å². The molecule has 1 amide bonds. The Morgan fingerprint density at radius 3 is 2.41 bits per heavy atom. The molecule has 0 atom stereocenters. The van der Waals surface area contributed by atoms with Crippen molar-refractivity contribution in [2.75, 3.05) is 30.6 Å². The van der Waals surface area contributed by atoms with Crippen molar-refractivity contribution in [1.29, 1.82) is 0 Å². The summed E-state index contributed by atoms with van der Waals surface area (Å²) in [7, 11) is 0.195. The number of hydrogen-bond donors (Lipinski definition) is 1. The third kappa shape index (κ3) is 4.72. The van der Waals surface area contributed by atoms with Crippen molar-refractivity contribution < 1.29 is 13.2 Å². The third-order valence-corrected chi connectivity index (χ3v) is 5.12. The Morgan fingerprint density at radius 2 is 1.83 bits per heavy atom. The van der Waals surface area contributed by atoms with Crippen LogP contribution in [-0.4, -0.2) is 54.6 Å². The third-order valence-electron chi connectivity index (χ3n) is 4.01. The number of amides is 1. The van der Waals surface area contributed by atoms with Crippen LogP contribution in [0.15, 0.2) is 47.5 Å². The van der Waals surface area contributed by atoms with Crippen LogP contribution in [0.2, 0.25) is 0 Å². The van der Waals surface area contributed by atoms with Gasteiger partial charge in [0, 0.05) is 32.1 Å². The van der Waals surface area contributed by atoms with Gasteiger partial charge in [-0.1, -0.05) is 6.07 Å². The van der Waals surface area contributed by atoms with E-state index >= 15 is 0 Å². The summed E-state index contributed by atoms with van der Waals surface area (Å²) in [6, 6.07) is 9.68. The van der Waals surface area contributed by atoms with E-state index in [1.807, 2.05) is 6.07 Å². The van der Waals surface area contributed by atoms with E-state index in [9.17, 15) is 13.2 Å². The number of carbonyl (C=O) groups excluding carboxylic acids is 1. The molecule has 2 heterocycles. The summed E-state index contributed by atoms with van der Waals surface area (Å²) >= 11 is 0. The monoisotopic (exact) mass is 412 g/mol. The number of hydrogen-bond acceptors (Lipinski definition) is 8. The first-order valence-corrected chi connectivity index (χ1v) is 10.5. The highest BCUT2D eigenvalue weighted by Gasteiger charge is 2.17. The normalized spacial score (nSPS) is 11.2. The number of nitrogens with one attached hydrogen (secondary N) is 1. The number of rotatable bonds is 5. The number of sulfone groups is 1. The molecule has 10 heteroatoms. The summed E-state index contributed by atoms with van der Waals surface area (Å²) in [5, 5.41) is 2.66. The van der Waals surface area contributed by atoms with Crippen molar-refractivity contribution in [2.24, 2.45) is 0 Å². The molecular weight excluding hydrogens is 392 g/mol. The molecule has 29 heavy (non-hydrogen) atoms. The first kappa shape index (κ1) is 20.3. The predicted molar refractivity (Wildman–Crippen MR) is 110 cm³/mol.